The number of nitrogens with zero attached hydrogens (tertiary/aromatic N) is 2. The third-order valence-corrected chi connectivity index (χ3v) is 5.06. The zero-order chi connectivity index (χ0) is 14.9. The van der Waals surface area contributed by atoms with Gasteiger partial charge >= 0.3 is 5.97 Å². The molecule has 0 aliphatic rings. The van der Waals surface area contributed by atoms with Crippen molar-refractivity contribution in [2.24, 2.45) is 0 Å². The summed E-state index contributed by atoms with van der Waals surface area (Å²) in [7, 11) is -0.652. The van der Waals surface area contributed by atoms with Gasteiger partial charge in [-0.1, -0.05) is 11.8 Å². The SMILES string of the molecule is CN(C)S(=O)(=O)c1ccc2oc(SCC(=O)O)nc2c1. The van der Waals surface area contributed by atoms with E-state index in [0.717, 1.165) is 16.1 Å². The van der Waals surface area contributed by atoms with E-state index in [1.807, 2.05) is 0 Å². The zero-order valence-electron chi connectivity index (χ0n) is 10.7. The van der Waals surface area contributed by atoms with Crippen molar-refractivity contribution in [3.05, 3.63) is 18.2 Å². The van der Waals surface area contributed by atoms with Gasteiger partial charge in [0.1, 0.15) is 11.3 Å². The van der Waals surface area contributed by atoms with Gasteiger partial charge in [0.15, 0.2) is 5.58 Å². The molecular formula is C11H12N2O5S2. The van der Waals surface area contributed by atoms with Gasteiger partial charge in [-0.2, -0.15) is 0 Å². The summed E-state index contributed by atoms with van der Waals surface area (Å²) in [6.45, 7) is 0. The second kappa shape index (κ2) is 5.43. The van der Waals surface area contributed by atoms with E-state index in [1.54, 1.807) is 0 Å². The maximum atomic E-state index is 12.0. The van der Waals surface area contributed by atoms with Crippen LogP contribution in [0.1, 0.15) is 0 Å². The smallest absolute Gasteiger partial charge is 0.314 e. The van der Waals surface area contributed by atoms with Crippen molar-refractivity contribution in [3.63, 3.8) is 0 Å². The van der Waals surface area contributed by atoms with Crippen molar-refractivity contribution in [3.8, 4) is 0 Å². The Morgan fingerprint density at radius 2 is 2.15 bits per heavy atom. The van der Waals surface area contributed by atoms with Crippen LogP contribution < -0.4 is 0 Å². The molecule has 0 spiro atoms. The molecule has 0 saturated carbocycles. The molecule has 7 nitrogen and oxygen atoms in total. The fraction of sp³-hybridized carbons (Fsp3) is 0.273. The van der Waals surface area contributed by atoms with E-state index < -0.39 is 16.0 Å². The lowest BCUT2D eigenvalue weighted by atomic mass is 10.3. The Morgan fingerprint density at radius 3 is 2.75 bits per heavy atom. The summed E-state index contributed by atoms with van der Waals surface area (Å²) in [5.41, 5.74) is 0.788. The average molecular weight is 316 g/mol. The lowest BCUT2D eigenvalue weighted by molar-refractivity contribution is -0.133. The Balaban J connectivity index is 2.38. The molecule has 2 rings (SSSR count). The molecular weight excluding hydrogens is 304 g/mol. The largest absolute Gasteiger partial charge is 0.481 e. The predicted octanol–water partition coefficient (Wildman–Crippen LogP) is 1.25. The number of aliphatic carboxylic acids is 1. The van der Waals surface area contributed by atoms with E-state index in [9.17, 15) is 13.2 Å². The highest BCUT2D eigenvalue weighted by molar-refractivity contribution is 7.99. The normalized spacial score (nSPS) is 12.2. The molecule has 0 unspecified atom stereocenters. The molecule has 1 aromatic carbocycles. The number of carboxylic acid groups (broad SMARTS) is 1. The molecule has 0 saturated heterocycles. The van der Waals surface area contributed by atoms with Crippen LogP contribution in [-0.2, 0) is 14.8 Å². The fourth-order valence-corrected chi connectivity index (χ4v) is 2.92. The molecule has 0 aliphatic heterocycles. The van der Waals surface area contributed by atoms with Gasteiger partial charge in [-0.05, 0) is 18.2 Å². The molecule has 0 aliphatic carbocycles. The Labute approximate surface area is 119 Å². The van der Waals surface area contributed by atoms with E-state index in [4.69, 9.17) is 9.52 Å². The number of fused-ring (bicyclic) bond motifs is 1. The second-order valence-corrected chi connectivity index (χ2v) is 7.16. The van der Waals surface area contributed by atoms with Crippen LogP contribution in [0.15, 0.2) is 32.7 Å². The van der Waals surface area contributed by atoms with E-state index in [2.05, 4.69) is 4.98 Å². The fourth-order valence-electron chi connectivity index (χ4n) is 1.44. The van der Waals surface area contributed by atoms with Crippen molar-refractivity contribution < 1.29 is 22.7 Å². The van der Waals surface area contributed by atoms with Gasteiger partial charge in [0, 0.05) is 14.1 Å². The summed E-state index contributed by atoms with van der Waals surface area (Å²) in [5.74, 6) is -1.15. The van der Waals surface area contributed by atoms with E-state index >= 15 is 0 Å². The number of carbonyl (C=O) groups is 1. The summed E-state index contributed by atoms with van der Waals surface area (Å²) in [5, 5.41) is 8.78. The molecule has 20 heavy (non-hydrogen) atoms. The number of sulfonamides is 1. The van der Waals surface area contributed by atoms with Crippen LogP contribution in [0.3, 0.4) is 0 Å². The van der Waals surface area contributed by atoms with E-state index in [1.165, 1.54) is 32.3 Å². The molecule has 1 aromatic heterocycles. The monoisotopic (exact) mass is 316 g/mol. The van der Waals surface area contributed by atoms with Crippen LogP contribution in [0, 0.1) is 0 Å². The van der Waals surface area contributed by atoms with Gasteiger partial charge in [-0.3, -0.25) is 4.79 Å². The molecule has 0 atom stereocenters. The van der Waals surface area contributed by atoms with Gasteiger partial charge < -0.3 is 9.52 Å². The number of benzene rings is 1. The minimum atomic E-state index is -3.53. The first-order chi connectivity index (χ1) is 9.30. The van der Waals surface area contributed by atoms with Gasteiger partial charge in [0.05, 0.1) is 4.90 Å². The highest BCUT2D eigenvalue weighted by atomic mass is 32.2. The minimum Gasteiger partial charge on any atom is -0.481 e. The average Bonchev–Trinajstić information content (AvgIpc) is 2.77. The second-order valence-electron chi connectivity index (χ2n) is 4.08. The Bertz CT molecular complexity index is 751. The first-order valence-corrected chi connectivity index (χ1v) is 7.91. The molecule has 0 bridgehead atoms. The summed E-state index contributed by atoms with van der Waals surface area (Å²) >= 11 is 0.937. The van der Waals surface area contributed by atoms with Crippen LogP contribution in [-0.4, -0.2) is 48.6 Å². The molecule has 1 N–H and O–H groups in total. The lowest BCUT2D eigenvalue weighted by Gasteiger charge is -2.10. The van der Waals surface area contributed by atoms with E-state index in [-0.39, 0.29) is 15.9 Å². The van der Waals surface area contributed by atoms with Crippen molar-refractivity contribution in [1.29, 1.82) is 0 Å². The number of oxazole rings is 1. The first-order valence-electron chi connectivity index (χ1n) is 5.48. The van der Waals surface area contributed by atoms with Crippen molar-refractivity contribution in [1.82, 2.24) is 9.29 Å². The summed E-state index contributed by atoms with van der Waals surface area (Å²) in [6.07, 6.45) is 0. The van der Waals surface area contributed by atoms with E-state index in [0.29, 0.717) is 11.1 Å². The van der Waals surface area contributed by atoms with Crippen LogP contribution >= 0.6 is 11.8 Å². The molecule has 1 heterocycles. The van der Waals surface area contributed by atoms with Crippen molar-refractivity contribution in [2.75, 3.05) is 19.8 Å². The Kier molecular flexibility index (Phi) is 4.02. The molecule has 0 fully saturated rings. The predicted molar refractivity (Wildman–Crippen MR) is 73.2 cm³/mol. The van der Waals surface area contributed by atoms with Crippen molar-refractivity contribution >= 4 is 38.9 Å². The summed E-state index contributed by atoms with van der Waals surface area (Å²) < 4.78 is 30.4. The molecule has 108 valence electrons. The van der Waals surface area contributed by atoms with Gasteiger partial charge in [0.2, 0.25) is 10.0 Å². The number of thioether (sulfide) groups is 1. The Hall–Kier alpha value is -1.58. The minimum absolute atomic E-state index is 0.109. The summed E-state index contributed by atoms with van der Waals surface area (Å²) in [4.78, 5) is 14.7. The van der Waals surface area contributed by atoms with Gasteiger partial charge in [-0.25, -0.2) is 17.7 Å². The third-order valence-electron chi connectivity index (χ3n) is 2.44. The maximum Gasteiger partial charge on any atom is 0.314 e. The number of carboxylic acids is 1. The van der Waals surface area contributed by atoms with Crippen molar-refractivity contribution in [2.45, 2.75) is 10.1 Å². The first kappa shape index (κ1) is 14.8. The lowest BCUT2D eigenvalue weighted by Crippen LogP contribution is -2.22. The van der Waals surface area contributed by atoms with Crippen LogP contribution in [0.2, 0.25) is 0 Å². The number of hydrogen-bond acceptors (Lipinski definition) is 6. The molecule has 9 heteroatoms. The number of rotatable bonds is 5. The van der Waals surface area contributed by atoms with Gasteiger partial charge in [-0.15, -0.1) is 0 Å². The van der Waals surface area contributed by atoms with Crippen LogP contribution in [0.5, 0.6) is 0 Å². The number of aromatic nitrogens is 1. The van der Waals surface area contributed by atoms with Gasteiger partial charge in [0.25, 0.3) is 5.22 Å². The zero-order valence-corrected chi connectivity index (χ0v) is 12.4. The highest BCUT2D eigenvalue weighted by Crippen LogP contribution is 2.26. The standard InChI is InChI=1S/C11H12N2O5S2/c1-13(2)20(16,17)7-3-4-9-8(5-7)12-11(18-9)19-6-10(14)15/h3-5H,6H2,1-2H3,(H,14,15). The third kappa shape index (κ3) is 2.94. The topological polar surface area (TPSA) is 101 Å². The number of hydrogen-bond donors (Lipinski definition) is 1. The highest BCUT2D eigenvalue weighted by Gasteiger charge is 2.19. The quantitative estimate of drug-likeness (QED) is 0.828. The molecule has 0 amide bonds. The maximum absolute atomic E-state index is 12.0. The summed E-state index contributed by atoms with van der Waals surface area (Å²) in [6, 6.07) is 4.33. The molecule has 2 aromatic rings. The van der Waals surface area contributed by atoms with Crippen LogP contribution in [0.4, 0.5) is 0 Å². The van der Waals surface area contributed by atoms with Crippen LogP contribution in [0.25, 0.3) is 11.1 Å². The Morgan fingerprint density at radius 1 is 1.45 bits per heavy atom. The molecule has 0 radical (unpaired) electrons.